The number of benzene rings is 1. The summed E-state index contributed by atoms with van der Waals surface area (Å²) in [5, 5.41) is 0. The van der Waals surface area contributed by atoms with E-state index in [1.54, 1.807) is 0 Å². The van der Waals surface area contributed by atoms with Crippen molar-refractivity contribution in [3.05, 3.63) is 29.6 Å². The van der Waals surface area contributed by atoms with Gasteiger partial charge in [0.2, 0.25) is 0 Å². The van der Waals surface area contributed by atoms with Crippen LogP contribution in [0.1, 0.15) is 18.7 Å². The third kappa shape index (κ3) is 1.18. The van der Waals surface area contributed by atoms with Gasteiger partial charge in [-0.15, -0.1) is 0 Å². The van der Waals surface area contributed by atoms with Crippen LogP contribution in [0, 0.1) is 11.6 Å². The van der Waals surface area contributed by atoms with Gasteiger partial charge in [0.05, 0.1) is 5.52 Å². The van der Waals surface area contributed by atoms with Gasteiger partial charge in [0.25, 0.3) is 0 Å². The zero-order valence-corrected chi connectivity index (χ0v) is 8.56. The fourth-order valence-corrected chi connectivity index (χ4v) is 1.96. The normalized spacial score (nSPS) is 17.9. The van der Waals surface area contributed by atoms with E-state index in [2.05, 4.69) is 9.97 Å². The predicted molar refractivity (Wildman–Crippen MR) is 56.0 cm³/mol. The highest BCUT2D eigenvalue weighted by Gasteiger charge is 2.45. The second-order valence-corrected chi connectivity index (χ2v) is 4.33. The highest BCUT2D eigenvalue weighted by molar-refractivity contribution is 5.76. The van der Waals surface area contributed by atoms with Gasteiger partial charge in [-0.3, -0.25) is 0 Å². The minimum atomic E-state index is -0.896. The van der Waals surface area contributed by atoms with Crippen LogP contribution in [0.4, 0.5) is 8.78 Å². The lowest BCUT2D eigenvalue weighted by atomic mass is 10.1. The third-order valence-electron chi connectivity index (χ3n) is 3.29. The lowest BCUT2D eigenvalue weighted by Gasteiger charge is -2.06. The van der Waals surface area contributed by atoms with Crippen LogP contribution in [0.3, 0.4) is 0 Å². The van der Waals surface area contributed by atoms with E-state index in [4.69, 9.17) is 5.73 Å². The van der Waals surface area contributed by atoms with Gasteiger partial charge >= 0.3 is 0 Å². The van der Waals surface area contributed by atoms with Crippen molar-refractivity contribution in [3.8, 4) is 0 Å². The van der Waals surface area contributed by atoms with Crippen LogP contribution in [-0.2, 0) is 5.41 Å². The Morgan fingerprint density at radius 1 is 1.38 bits per heavy atom. The number of aromatic amines is 1. The Kier molecular flexibility index (Phi) is 1.83. The highest BCUT2D eigenvalue weighted by atomic mass is 19.2. The summed E-state index contributed by atoms with van der Waals surface area (Å²) in [6, 6.07) is 2.60. The van der Waals surface area contributed by atoms with Crippen LogP contribution in [-0.4, -0.2) is 16.5 Å². The fraction of sp³-hybridized carbons (Fsp3) is 0.364. The van der Waals surface area contributed by atoms with Crippen molar-refractivity contribution >= 4 is 11.0 Å². The number of hydrogen-bond acceptors (Lipinski definition) is 2. The zero-order chi connectivity index (χ0) is 11.3. The molecule has 1 aliphatic carbocycles. The van der Waals surface area contributed by atoms with Crippen molar-refractivity contribution in [2.24, 2.45) is 5.73 Å². The lowest BCUT2D eigenvalue weighted by Crippen LogP contribution is -2.21. The van der Waals surface area contributed by atoms with Crippen molar-refractivity contribution in [1.29, 1.82) is 0 Å². The molecular formula is C11H11F2N3. The van der Waals surface area contributed by atoms with Gasteiger partial charge in [0, 0.05) is 12.0 Å². The van der Waals surface area contributed by atoms with E-state index in [0.717, 1.165) is 18.9 Å². The highest BCUT2D eigenvalue weighted by Crippen LogP contribution is 2.46. The van der Waals surface area contributed by atoms with Gasteiger partial charge < -0.3 is 10.7 Å². The Bertz CT molecular complexity index is 558. The number of rotatable bonds is 2. The fourth-order valence-electron chi connectivity index (χ4n) is 1.96. The van der Waals surface area contributed by atoms with Crippen LogP contribution in [0.2, 0.25) is 0 Å². The molecule has 0 amide bonds. The molecule has 1 saturated carbocycles. The first-order chi connectivity index (χ1) is 7.66. The second kappa shape index (κ2) is 3.01. The molecule has 1 aromatic heterocycles. The first-order valence-corrected chi connectivity index (χ1v) is 5.20. The molecule has 16 heavy (non-hydrogen) atoms. The summed E-state index contributed by atoms with van der Waals surface area (Å²) in [6.07, 6.45) is 1.90. The van der Waals surface area contributed by atoms with Gasteiger partial charge in [-0.25, -0.2) is 13.8 Å². The molecular weight excluding hydrogens is 212 g/mol. The largest absolute Gasteiger partial charge is 0.341 e. The van der Waals surface area contributed by atoms with Crippen LogP contribution in [0.25, 0.3) is 11.0 Å². The molecule has 3 N–H and O–H groups in total. The van der Waals surface area contributed by atoms with Gasteiger partial charge in [0.1, 0.15) is 11.3 Å². The van der Waals surface area contributed by atoms with Crippen molar-refractivity contribution in [1.82, 2.24) is 9.97 Å². The maximum atomic E-state index is 13.4. The van der Waals surface area contributed by atoms with Crippen molar-refractivity contribution in [2.75, 3.05) is 6.54 Å². The molecule has 0 unspecified atom stereocenters. The Labute approximate surface area is 90.7 Å². The Balaban J connectivity index is 2.20. The molecule has 0 saturated heterocycles. The molecule has 0 bridgehead atoms. The molecule has 1 aliphatic rings. The number of halogens is 2. The van der Waals surface area contributed by atoms with Crippen LogP contribution in [0.5, 0.6) is 0 Å². The molecule has 1 aromatic carbocycles. The molecule has 2 aromatic rings. The molecule has 5 heteroatoms. The smallest absolute Gasteiger partial charge is 0.186 e. The Morgan fingerprint density at radius 2 is 2.12 bits per heavy atom. The minimum absolute atomic E-state index is 0.0646. The van der Waals surface area contributed by atoms with Gasteiger partial charge in [-0.2, -0.15) is 0 Å². The van der Waals surface area contributed by atoms with Crippen LogP contribution >= 0.6 is 0 Å². The standard InChI is InChI=1S/C11H11F2N3/c12-6-1-2-7-9(8(6)13)16-10(15-7)11(5-14)3-4-11/h1-2H,3-5,14H2,(H,15,16). The SMILES string of the molecule is NCC1(c2nc3c(F)c(F)ccc3[nH]2)CC1. The molecule has 84 valence electrons. The summed E-state index contributed by atoms with van der Waals surface area (Å²) in [6.45, 7) is 0.483. The van der Waals surface area contributed by atoms with Gasteiger partial charge in [-0.1, -0.05) is 0 Å². The molecule has 0 spiro atoms. The summed E-state index contributed by atoms with van der Waals surface area (Å²) in [5.74, 6) is -1.09. The van der Waals surface area contributed by atoms with E-state index in [0.29, 0.717) is 17.9 Å². The monoisotopic (exact) mass is 223 g/mol. The molecule has 0 atom stereocenters. The summed E-state index contributed by atoms with van der Waals surface area (Å²) in [7, 11) is 0. The van der Waals surface area contributed by atoms with Crippen molar-refractivity contribution in [3.63, 3.8) is 0 Å². The molecule has 0 aliphatic heterocycles. The maximum Gasteiger partial charge on any atom is 0.186 e. The number of imidazole rings is 1. The summed E-state index contributed by atoms with van der Waals surface area (Å²) in [4.78, 5) is 7.15. The van der Waals surface area contributed by atoms with E-state index in [9.17, 15) is 8.78 Å². The third-order valence-corrected chi connectivity index (χ3v) is 3.29. The van der Waals surface area contributed by atoms with E-state index < -0.39 is 11.6 Å². The van der Waals surface area contributed by atoms with Crippen LogP contribution < -0.4 is 5.73 Å². The van der Waals surface area contributed by atoms with Crippen molar-refractivity contribution in [2.45, 2.75) is 18.3 Å². The number of aromatic nitrogens is 2. The molecule has 3 rings (SSSR count). The lowest BCUT2D eigenvalue weighted by molar-refractivity contribution is 0.515. The van der Waals surface area contributed by atoms with E-state index in [1.165, 1.54) is 6.07 Å². The minimum Gasteiger partial charge on any atom is -0.341 e. The Hall–Kier alpha value is -1.49. The van der Waals surface area contributed by atoms with Crippen LogP contribution in [0.15, 0.2) is 12.1 Å². The number of hydrogen-bond donors (Lipinski definition) is 2. The number of nitrogens with two attached hydrogens (primary N) is 1. The van der Waals surface area contributed by atoms with E-state index in [-0.39, 0.29) is 10.9 Å². The average Bonchev–Trinajstić information content (AvgIpc) is 2.97. The maximum absolute atomic E-state index is 13.4. The number of nitrogens with zero attached hydrogens (tertiary/aromatic N) is 1. The molecule has 1 fully saturated rings. The van der Waals surface area contributed by atoms with E-state index in [1.807, 2.05) is 0 Å². The zero-order valence-electron chi connectivity index (χ0n) is 8.56. The predicted octanol–water partition coefficient (Wildman–Crippen LogP) is 1.83. The summed E-state index contributed by atoms with van der Waals surface area (Å²) >= 11 is 0. The van der Waals surface area contributed by atoms with Gasteiger partial charge in [-0.05, 0) is 25.0 Å². The van der Waals surface area contributed by atoms with Gasteiger partial charge in [0.15, 0.2) is 11.6 Å². The Morgan fingerprint density at radius 3 is 2.75 bits per heavy atom. The number of fused-ring (bicyclic) bond motifs is 1. The number of nitrogens with one attached hydrogen (secondary N) is 1. The first-order valence-electron chi connectivity index (χ1n) is 5.20. The number of H-pyrrole nitrogens is 1. The summed E-state index contributed by atoms with van der Waals surface area (Å²) < 4.78 is 26.4. The molecule has 0 radical (unpaired) electrons. The summed E-state index contributed by atoms with van der Waals surface area (Å²) in [5.41, 5.74) is 6.11. The molecule has 1 heterocycles. The average molecular weight is 223 g/mol. The van der Waals surface area contributed by atoms with Crippen molar-refractivity contribution < 1.29 is 8.78 Å². The first kappa shape index (κ1) is 9.72. The quantitative estimate of drug-likeness (QED) is 0.816. The van der Waals surface area contributed by atoms with E-state index >= 15 is 0 Å². The second-order valence-electron chi connectivity index (χ2n) is 4.33. The molecule has 3 nitrogen and oxygen atoms in total. The topological polar surface area (TPSA) is 54.7 Å².